The van der Waals surface area contributed by atoms with E-state index in [2.05, 4.69) is 10.4 Å². The van der Waals surface area contributed by atoms with Gasteiger partial charge in [-0.1, -0.05) is 13.8 Å². The normalized spacial score (nSPS) is 19.5. The number of fused-ring (bicyclic) bond motifs is 1. The molecule has 0 spiro atoms. The standard InChI is InChI=1S/C14H21N3O3/c1-8(2)12(14(19)20)16-13(18)9-4-5-10-7-15-17(3)11(10)6-9/h7-9,12H,4-6H2,1-3H3,(H,16,18)(H,19,20)/t9?,12-/m0/s1. The summed E-state index contributed by atoms with van der Waals surface area (Å²) in [4.78, 5) is 23.4. The second kappa shape index (κ2) is 5.64. The summed E-state index contributed by atoms with van der Waals surface area (Å²) in [6, 6.07) is -0.824. The molecule has 1 aromatic rings. The summed E-state index contributed by atoms with van der Waals surface area (Å²) in [6.45, 7) is 3.58. The third-order valence-electron chi connectivity index (χ3n) is 3.95. The molecule has 0 fully saturated rings. The number of nitrogens with zero attached hydrogens (tertiary/aromatic N) is 2. The van der Waals surface area contributed by atoms with Gasteiger partial charge in [0, 0.05) is 25.1 Å². The number of aliphatic carboxylic acids is 1. The molecule has 1 aliphatic rings. The van der Waals surface area contributed by atoms with Crippen LogP contribution in [-0.4, -0.2) is 32.8 Å². The molecule has 1 amide bonds. The van der Waals surface area contributed by atoms with Crippen molar-refractivity contribution >= 4 is 11.9 Å². The Morgan fingerprint density at radius 3 is 2.80 bits per heavy atom. The Hall–Kier alpha value is -1.85. The third kappa shape index (κ3) is 2.84. The Labute approximate surface area is 118 Å². The summed E-state index contributed by atoms with van der Waals surface area (Å²) >= 11 is 0. The molecule has 1 aliphatic carbocycles. The fraction of sp³-hybridized carbons (Fsp3) is 0.643. The number of carbonyl (C=O) groups excluding carboxylic acids is 1. The number of amides is 1. The minimum atomic E-state index is -0.981. The highest BCUT2D eigenvalue weighted by Crippen LogP contribution is 2.25. The Morgan fingerprint density at radius 2 is 2.20 bits per heavy atom. The van der Waals surface area contributed by atoms with Crippen molar-refractivity contribution in [2.45, 2.75) is 39.2 Å². The molecular formula is C14H21N3O3. The molecule has 2 N–H and O–H groups in total. The molecule has 0 aromatic carbocycles. The van der Waals surface area contributed by atoms with Gasteiger partial charge in [0.25, 0.3) is 0 Å². The van der Waals surface area contributed by atoms with Crippen molar-refractivity contribution in [3.8, 4) is 0 Å². The van der Waals surface area contributed by atoms with E-state index >= 15 is 0 Å². The fourth-order valence-corrected chi connectivity index (χ4v) is 2.65. The highest BCUT2D eigenvalue weighted by Gasteiger charge is 2.30. The summed E-state index contributed by atoms with van der Waals surface area (Å²) in [5.74, 6) is -1.45. The number of carboxylic acid groups (broad SMARTS) is 1. The molecule has 0 saturated heterocycles. The molecule has 6 nitrogen and oxygen atoms in total. The summed E-state index contributed by atoms with van der Waals surface area (Å²) < 4.78 is 1.80. The van der Waals surface area contributed by atoms with E-state index in [1.54, 1.807) is 18.5 Å². The predicted molar refractivity (Wildman–Crippen MR) is 73.1 cm³/mol. The van der Waals surface area contributed by atoms with Gasteiger partial charge in [-0.3, -0.25) is 9.48 Å². The maximum absolute atomic E-state index is 12.3. The van der Waals surface area contributed by atoms with Gasteiger partial charge in [0.2, 0.25) is 5.91 Å². The van der Waals surface area contributed by atoms with Gasteiger partial charge in [-0.25, -0.2) is 4.79 Å². The van der Waals surface area contributed by atoms with Gasteiger partial charge in [-0.15, -0.1) is 0 Å². The van der Waals surface area contributed by atoms with E-state index in [4.69, 9.17) is 5.11 Å². The van der Waals surface area contributed by atoms with Crippen molar-refractivity contribution in [2.24, 2.45) is 18.9 Å². The molecule has 6 heteroatoms. The summed E-state index contributed by atoms with van der Waals surface area (Å²) in [7, 11) is 1.87. The van der Waals surface area contributed by atoms with Gasteiger partial charge in [0.1, 0.15) is 6.04 Å². The van der Waals surface area contributed by atoms with Crippen LogP contribution in [0.3, 0.4) is 0 Å². The molecule has 0 radical (unpaired) electrons. The number of carbonyl (C=O) groups is 2. The Kier molecular flexibility index (Phi) is 4.11. The Balaban J connectivity index is 2.04. The fourth-order valence-electron chi connectivity index (χ4n) is 2.65. The van der Waals surface area contributed by atoms with Gasteiger partial charge >= 0.3 is 5.97 Å². The van der Waals surface area contributed by atoms with Crippen molar-refractivity contribution in [2.75, 3.05) is 0 Å². The third-order valence-corrected chi connectivity index (χ3v) is 3.95. The van der Waals surface area contributed by atoms with E-state index in [1.165, 1.54) is 5.56 Å². The highest BCUT2D eigenvalue weighted by molar-refractivity contribution is 5.85. The van der Waals surface area contributed by atoms with E-state index in [-0.39, 0.29) is 17.7 Å². The molecule has 2 rings (SSSR count). The van der Waals surface area contributed by atoms with Crippen LogP contribution in [0.25, 0.3) is 0 Å². The smallest absolute Gasteiger partial charge is 0.326 e. The first kappa shape index (κ1) is 14.6. The average molecular weight is 279 g/mol. The maximum atomic E-state index is 12.3. The molecule has 20 heavy (non-hydrogen) atoms. The van der Waals surface area contributed by atoms with Gasteiger partial charge in [0.15, 0.2) is 0 Å². The SMILES string of the molecule is CC(C)[C@H](NC(=O)C1CCc2cnn(C)c2C1)C(=O)O. The predicted octanol–water partition coefficient (Wildman–Crippen LogP) is 0.750. The van der Waals surface area contributed by atoms with Crippen molar-refractivity contribution in [3.05, 3.63) is 17.5 Å². The number of rotatable bonds is 4. The first-order valence-electron chi connectivity index (χ1n) is 6.93. The summed E-state index contributed by atoms with van der Waals surface area (Å²) in [5, 5.41) is 16.0. The van der Waals surface area contributed by atoms with Crippen LogP contribution in [0.15, 0.2) is 6.20 Å². The largest absolute Gasteiger partial charge is 0.480 e. The van der Waals surface area contributed by atoms with E-state index in [9.17, 15) is 9.59 Å². The van der Waals surface area contributed by atoms with Crippen molar-refractivity contribution in [1.29, 1.82) is 0 Å². The lowest BCUT2D eigenvalue weighted by Crippen LogP contribution is -2.47. The minimum absolute atomic E-state index is 0.132. The molecule has 0 aliphatic heterocycles. The van der Waals surface area contributed by atoms with Gasteiger partial charge in [0.05, 0.1) is 6.20 Å². The molecule has 0 saturated carbocycles. The van der Waals surface area contributed by atoms with Gasteiger partial charge in [-0.05, 0) is 24.3 Å². The summed E-state index contributed by atoms with van der Waals surface area (Å²) in [5.41, 5.74) is 2.27. The van der Waals surface area contributed by atoms with Crippen LogP contribution in [0.1, 0.15) is 31.5 Å². The van der Waals surface area contributed by atoms with Crippen LogP contribution >= 0.6 is 0 Å². The van der Waals surface area contributed by atoms with Crippen LogP contribution < -0.4 is 5.32 Å². The average Bonchev–Trinajstić information content (AvgIpc) is 2.76. The number of nitrogens with one attached hydrogen (secondary N) is 1. The molecular weight excluding hydrogens is 258 g/mol. The topological polar surface area (TPSA) is 84.2 Å². The number of hydrogen-bond acceptors (Lipinski definition) is 3. The van der Waals surface area contributed by atoms with Crippen molar-refractivity contribution < 1.29 is 14.7 Å². The molecule has 1 unspecified atom stereocenters. The van der Waals surface area contributed by atoms with Gasteiger partial charge in [-0.2, -0.15) is 5.10 Å². The van der Waals surface area contributed by atoms with Gasteiger partial charge < -0.3 is 10.4 Å². The van der Waals surface area contributed by atoms with Crippen LogP contribution in [0.4, 0.5) is 0 Å². The number of hydrogen-bond donors (Lipinski definition) is 2. The van der Waals surface area contributed by atoms with Crippen molar-refractivity contribution in [3.63, 3.8) is 0 Å². The minimum Gasteiger partial charge on any atom is -0.480 e. The Morgan fingerprint density at radius 1 is 1.50 bits per heavy atom. The molecule has 1 aromatic heterocycles. The number of aromatic nitrogens is 2. The Bertz CT molecular complexity index is 522. The number of aryl methyl sites for hydroxylation is 2. The maximum Gasteiger partial charge on any atom is 0.326 e. The lowest BCUT2D eigenvalue weighted by atomic mass is 9.87. The monoisotopic (exact) mass is 279 g/mol. The first-order valence-corrected chi connectivity index (χ1v) is 6.93. The van der Waals surface area contributed by atoms with Crippen LogP contribution in [0.2, 0.25) is 0 Å². The quantitative estimate of drug-likeness (QED) is 0.852. The van der Waals surface area contributed by atoms with Crippen LogP contribution in [-0.2, 0) is 29.5 Å². The second-order valence-corrected chi connectivity index (χ2v) is 5.75. The zero-order valence-corrected chi connectivity index (χ0v) is 12.1. The molecule has 1 heterocycles. The van der Waals surface area contributed by atoms with E-state index < -0.39 is 12.0 Å². The highest BCUT2D eigenvalue weighted by atomic mass is 16.4. The van der Waals surface area contributed by atoms with Crippen LogP contribution in [0, 0.1) is 11.8 Å². The van der Waals surface area contributed by atoms with E-state index in [0.717, 1.165) is 18.5 Å². The number of carboxylic acids is 1. The molecule has 0 bridgehead atoms. The second-order valence-electron chi connectivity index (χ2n) is 5.75. The van der Waals surface area contributed by atoms with Crippen molar-refractivity contribution in [1.82, 2.24) is 15.1 Å². The van der Waals surface area contributed by atoms with E-state index in [0.29, 0.717) is 6.42 Å². The molecule has 110 valence electrons. The first-order chi connectivity index (χ1) is 9.40. The molecule has 2 atom stereocenters. The van der Waals surface area contributed by atoms with Crippen LogP contribution in [0.5, 0.6) is 0 Å². The zero-order valence-electron chi connectivity index (χ0n) is 12.1. The lowest BCUT2D eigenvalue weighted by Gasteiger charge is -2.25. The zero-order chi connectivity index (χ0) is 14.9. The lowest BCUT2D eigenvalue weighted by molar-refractivity contribution is -0.143. The summed E-state index contributed by atoms with van der Waals surface area (Å²) in [6.07, 6.45) is 4.04. The van der Waals surface area contributed by atoms with E-state index in [1.807, 2.05) is 13.2 Å².